The lowest BCUT2D eigenvalue weighted by molar-refractivity contribution is 0.0689. The van der Waals surface area contributed by atoms with Crippen LogP contribution in [-0.2, 0) is 22.8 Å². The molecule has 1 N–H and O–H groups in total. The van der Waals surface area contributed by atoms with Gasteiger partial charge in [0.1, 0.15) is 0 Å². The lowest BCUT2D eigenvalue weighted by Gasteiger charge is -2.09. The van der Waals surface area contributed by atoms with E-state index in [2.05, 4.69) is 10.3 Å². The van der Waals surface area contributed by atoms with E-state index in [4.69, 9.17) is 5.11 Å². The molecule has 0 bridgehead atoms. The van der Waals surface area contributed by atoms with Crippen LogP contribution < -0.4 is 0 Å². The van der Waals surface area contributed by atoms with Crippen molar-refractivity contribution >= 4 is 15.8 Å². The van der Waals surface area contributed by atoms with Crippen LogP contribution >= 0.6 is 0 Å². The number of sulfone groups is 1. The first-order valence-electron chi connectivity index (χ1n) is 6.16. The zero-order valence-electron chi connectivity index (χ0n) is 11.3. The predicted octanol–water partition coefficient (Wildman–Crippen LogP) is 0.752. The molecule has 0 saturated carbocycles. The highest BCUT2D eigenvalue weighted by molar-refractivity contribution is 7.91. The molecule has 0 atom stereocenters. The molecule has 108 valence electrons. The Morgan fingerprint density at radius 1 is 1.42 bits per heavy atom. The third-order valence-corrected chi connectivity index (χ3v) is 5.02. The van der Waals surface area contributed by atoms with E-state index >= 15 is 0 Å². The average molecular weight is 289 g/mol. The summed E-state index contributed by atoms with van der Waals surface area (Å²) < 4.78 is 24.9. The molecule has 0 unspecified atom stereocenters. The Bertz CT molecular complexity index is 548. The molecule has 0 amide bonds. The van der Waals surface area contributed by atoms with Crippen LogP contribution in [0.15, 0.2) is 0 Å². The predicted molar refractivity (Wildman–Crippen MR) is 69.9 cm³/mol. The van der Waals surface area contributed by atoms with Gasteiger partial charge in [-0.25, -0.2) is 17.9 Å². The minimum Gasteiger partial charge on any atom is -0.476 e. The first-order chi connectivity index (χ1) is 8.79. The van der Waals surface area contributed by atoms with Crippen LogP contribution in [0.25, 0.3) is 0 Å². The number of carboxylic acids is 1. The van der Waals surface area contributed by atoms with Crippen LogP contribution in [0.1, 0.15) is 43.4 Å². The first-order valence-corrected chi connectivity index (χ1v) is 7.88. The van der Waals surface area contributed by atoms with Crippen molar-refractivity contribution in [2.75, 3.05) is 5.75 Å². The third kappa shape index (κ3) is 3.76. The zero-order chi connectivity index (χ0) is 14.6. The van der Waals surface area contributed by atoms with E-state index in [9.17, 15) is 13.2 Å². The Labute approximate surface area is 112 Å². The van der Waals surface area contributed by atoms with Crippen molar-refractivity contribution in [3.05, 3.63) is 11.4 Å². The van der Waals surface area contributed by atoms with Crippen LogP contribution in [0.2, 0.25) is 0 Å². The highest BCUT2D eigenvalue weighted by Gasteiger charge is 2.21. The zero-order valence-corrected chi connectivity index (χ0v) is 12.1. The van der Waals surface area contributed by atoms with Crippen molar-refractivity contribution in [3.8, 4) is 0 Å². The van der Waals surface area contributed by atoms with Crippen LogP contribution in [0.4, 0.5) is 0 Å². The van der Waals surface area contributed by atoms with Gasteiger partial charge in [-0.1, -0.05) is 18.6 Å². The standard InChI is InChI=1S/C11H19N3O4S/c1-4-5-9-10(11(15)16)12-13-14(9)6-7-19(17,18)8(2)3/h8H,4-7H2,1-3H3,(H,15,16). The number of hydrogen-bond donors (Lipinski definition) is 1. The van der Waals surface area contributed by atoms with Gasteiger partial charge in [0.25, 0.3) is 0 Å². The molecule has 0 spiro atoms. The summed E-state index contributed by atoms with van der Waals surface area (Å²) in [5, 5.41) is 15.9. The molecule has 1 aromatic heterocycles. The molecule has 0 aromatic carbocycles. The molecule has 0 aliphatic carbocycles. The highest BCUT2D eigenvalue weighted by atomic mass is 32.2. The molecular weight excluding hydrogens is 270 g/mol. The van der Waals surface area contributed by atoms with E-state index in [1.165, 1.54) is 4.68 Å². The number of hydrogen-bond acceptors (Lipinski definition) is 5. The molecule has 1 rings (SSSR count). The summed E-state index contributed by atoms with van der Waals surface area (Å²) in [7, 11) is -3.18. The van der Waals surface area contributed by atoms with Crippen LogP contribution in [-0.4, -0.2) is 45.5 Å². The van der Waals surface area contributed by atoms with Gasteiger partial charge in [0, 0.05) is 0 Å². The summed E-state index contributed by atoms with van der Waals surface area (Å²) >= 11 is 0. The van der Waals surface area contributed by atoms with Crippen molar-refractivity contribution < 1.29 is 18.3 Å². The molecule has 0 fully saturated rings. The van der Waals surface area contributed by atoms with Gasteiger partial charge >= 0.3 is 5.97 Å². The number of aromatic carboxylic acids is 1. The second kappa shape index (κ2) is 6.14. The molecule has 1 heterocycles. The van der Waals surface area contributed by atoms with E-state index in [1.54, 1.807) is 13.8 Å². The molecule has 0 radical (unpaired) electrons. The molecule has 0 aliphatic heterocycles. The second-order valence-electron chi connectivity index (χ2n) is 4.58. The van der Waals surface area contributed by atoms with Crippen LogP contribution in [0.3, 0.4) is 0 Å². The Morgan fingerprint density at radius 3 is 2.53 bits per heavy atom. The summed E-state index contributed by atoms with van der Waals surface area (Å²) in [4.78, 5) is 11.0. The first kappa shape index (κ1) is 15.6. The van der Waals surface area contributed by atoms with Gasteiger partial charge < -0.3 is 5.11 Å². The van der Waals surface area contributed by atoms with E-state index in [0.717, 1.165) is 6.42 Å². The van der Waals surface area contributed by atoms with Crippen molar-refractivity contribution in [2.24, 2.45) is 0 Å². The molecule has 19 heavy (non-hydrogen) atoms. The van der Waals surface area contributed by atoms with Crippen molar-refractivity contribution in [3.63, 3.8) is 0 Å². The van der Waals surface area contributed by atoms with Crippen LogP contribution in [0.5, 0.6) is 0 Å². The number of carboxylic acid groups (broad SMARTS) is 1. The minimum atomic E-state index is -3.18. The van der Waals surface area contributed by atoms with Crippen LogP contribution in [0, 0.1) is 0 Å². The SMILES string of the molecule is CCCc1c(C(=O)O)nnn1CCS(=O)(=O)C(C)C. The monoisotopic (exact) mass is 289 g/mol. The maximum atomic E-state index is 11.7. The van der Waals surface area contributed by atoms with Crippen molar-refractivity contribution in [1.82, 2.24) is 15.0 Å². The van der Waals surface area contributed by atoms with Crippen molar-refractivity contribution in [2.45, 2.75) is 45.4 Å². The number of aromatic nitrogens is 3. The summed E-state index contributed by atoms with van der Waals surface area (Å²) in [5.41, 5.74) is 0.387. The Kier molecular flexibility index (Phi) is 5.04. The van der Waals surface area contributed by atoms with Crippen molar-refractivity contribution in [1.29, 1.82) is 0 Å². The fraction of sp³-hybridized carbons (Fsp3) is 0.727. The fourth-order valence-corrected chi connectivity index (χ4v) is 2.51. The lowest BCUT2D eigenvalue weighted by atomic mass is 10.2. The van der Waals surface area contributed by atoms with Gasteiger partial charge in [-0.05, 0) is 20.3 Å². The van der Waals surface area contributed by atoms with Gasteiger partial charge in [-0.3, -0.25) is 0 Å². The smallest absolute Gasteiger partial charge is 0.358 e. The average Bonchev–Trinajstić information content (AvgIpc) is 2.70. The maximum Gasteiger partial charge on any atom is 0.358 e. The summed E-state index contributed by atoms with van der Waals surface area (Å²) in [5.74, 6) is -1.20. The topological polar surface area (TPSA) is 102 Å². The van der Waals surface area contributed by atoms with Gasteiger partial charge in [0.15, 0.2) is 15.5 Å². The van der Waals surface area contributed by atoms with E-state index in [0.29, 0.717) is 12.1 Å². The Balaban J connectivity index is 2.93. The lowest BCUT2D eigenvalue weighted by Crippen LogP contribution is -2.22. The Morgan fingerprint density at radius 2 is 2.05 bits per heavy atom. The number of aryl methyl sites for hydroxylation is 1. The van der Waals surface area contributed by atoms with E-state index in [-0.39, 0.29) is 18.0 Å². The normalized spacial score (nSPS) is 12.0. The molecule has 0 saturated heterocycles. The third-order valence-electron chi connectivity index (χ3n) is 2.83. The maximum absolute atomic E-state index is 11.7. The summed E-state index contributed by atoms with van der Waals surface area (Å²) in [6.45, 7) is 5.28. The minimum absolute atomic E-state index is 0.0657. The van der Waals surface area contributed by atoms with Gasteiger partial charge in [-0.15, -0.1) is 5.10 Å². The van der Waals surface area contributed by atoms with Gasteiger partial charge in [0.2, 0.25) is 0 Å². The second-order valence-corrected chi connectivity index (χ2v) is 7.26. The number of rotatable bonds is 7. The quantitative estimate of drug-likeness (QED) is 0.794. The summed E-state index contributed by atoms with van der Waals surface area (Å²) in [6.07, 6.45) is 1.25. The van der Waals surface area contributed by atoms with Gasteiger partial charge in [-0.2, -0.15) is 0 Å². The van der Waals surface area contributed by atoms with Gasteiger partial charge in [0.05, 0.1) is 23.2 Å². The Hall–Kier alpha value is -1.44. The molecule has 0 aliphatic rings. The molecule has 7 nitrogen and oxygen atoms in total. The van der Waals surface area contributed by atoms with E-state index < -0.39 is 21.1 Å². The number of carbonyl (C=O) groups is 1. The van der Waals surface area contributed by atoms with E-state index in [1.807, 2.05) is 6.92 Å². The molecule has 8 heteroatoms. The summed E-state index contributed by atoms with van der Waals surface area (Å²) in [6, 6.07) is 0. The fourth-order valence-electron chi connectivity index (χ4n) is 1.61. The molecular formula is C11H19N3O4S. The number of nitrogens with zero attached hydrogens (tertiary/aromatic N) is 3. The molecule has 1 aromatic rings. The largest absolute Gasteiger partial charge is 0.476 e. The highest BCUT2D eigenvalue weighted by Crippen LogP contribution is 2.10.